The highest BCUT2D eigenvalue weighted by Crippen LogP contribution is 2.24. The van der Waals surface area contributed by atoms with Crippen molar-refractivity contribution in [2.75, 3.05) is 26.0 Å². The Morgan fingerprint density at radius 3 is 2.74 bits per heavy atom. The number of ether oxygens (including phenoxy) is 1. The SMILES string of the molecule is COCCNC(=O)c1ccc2c(=O)n(CC(C)C)c(SCC(=O)c3c[nH]c4ccccc34)nc2c1. The molecule has 0 saturated carbocycles. The Labute approximate surface area is 207 Å². The third-order valence-corrected chi connectivity index (χ3v) is 6.52. The molecule has 2 heterocycles. The van der Waals surface area contributed by atoms with Crippen LogP contribution in [0.3, 0.4) is 0 Å². The van der Waals surface area contributed by atoms with Crippen LogP contribution in [0.4, 0.5) is 0 Å². The molecule has 0 radical (unpaired) electrons. The van der Waals surface area contributed by atoms with E-state index in [0.717, 1.165) is 10.9 Å². The molecule has 0 aliphatic carbocycles. The molecule has 35 heavy (non-hydrogen) atoms. The molecule has 2 N–H and O–H groups in total. The third-order valence-electron chi connectivity index (χ3n) is 5.54. The van der Waals surface area contributed by atoms with E-state index in [1.54, 1.807) is 36.1 Å². The Bertz CT molecular complexity index is 1440. The molecule has 1 amide bonds. The predicted molar refractivity (Wildman–Crippen MR) is 138 cm³/mol. The minimum absolute atomic E-state index is 0.0517. The van der Waals surface area contributed by atoms with Gasteiger partial charge in [0.2, 0.25) is 0 Å². The number of aromatic nitrogens is 3. The lowest BCUT2D eigenvalue weighted by molar-refractivity contribution is 0.0936. The van der Waals surface area contributed by atoms with Crippen LogP contribution in [0.5, 0.6) is 0 Å². The second kappa shape index (κ2) is 10.9. The highest BCUT2D eigenvalue weighted by molar-refractivity contribution is 7.99. The summed E-state index contributed by atoms with van der Waals surface area (Å²) in [5.41, 5.74) is 2.17. The van der Waals surface area contributed by atoms with Gasteiger partial charge in [0.25, 0.3) is 11.5 Å². The minimum Gasteiger partial charge on any atom is -0.383 e. The number of H-pyrrole nitrogens is 1. The Balaban J connectivity index is 1.65. The summed E-state index contributed by atoms with van der Waals surface area (Å²) in [6.45, 7) is 5.31. The minimum atomic E-state index is -0.263. The van der Waals surface area contributed by atoms with Crippen LogP contribution in [0, 0.1) is 5.92 Å². The molecule has 9 heteroatoms. The van der Waals surface area contributed by atoms with E-state index in [-0.39, 0.29) is 28.9 Å². The number of nitrogens with zero attached hydrogens (tertiary/aromatic N) is 2. The van der Waals surface area contributed by atoms with Crippen molar-refractivity contribution >= 4 is 45.3 Å². The average Bonchev–Trinajstić information content (AvgIpc) is 3.28. The molecule has 4 aromatic rings. The summed E-state index contributed by atoms with van der Waals surface area (Å²) in [7, 11) is 1.57. The maximum atomic E-state index is 13.3. The van der Waals surface area contributed by atoms with Crippen molar-refractivity contribution in [1.82, 2.24) is 19.9 Å². The Kier molecular flexibility index (Phi) is 7.67. The summed E-state index contributed by atoms with van der Waals surface area (Å²) in [4.78, 5) is 46.7. The Morgan fingerprint density at radius 1 is 1.17 bits per heavy atom. The van der Waals surface area contributed by atoms with Crippen LogP contribution in [0.25, 0.3) is 21.8 Å². The lowest BCUT2D eigenvalue weighted by atomic mass is 10.1. The van der Waals surface area contributed by atoms with E-state index in [1.807, 2.05) is 38.1 Å². The van der Waals surface area contributed by atoms with E-state index in [4.69, 9.17) is 9.72 Å². The zero-order valence-corrected chi connectivity index (χ0v) is 20.8. The average molecular weight is 493 g/mol. The monoisotopic (exact) mass is 492 g/mol. The van der Waals surface area contributed by atoms with Gasteiger partial charge in [0.05, 0.1) is 23.3 Å². The number of thioether (sulfide) groups is 1. The highest BCUT2D eigenvalue weighted by atomic mass is 32.2. The fourth-order valence-electron chi connectivity index (χ4n) is 3.86. The number of benzene rings is 2. The molecule has 0 spiro atoms. The summed E-state index contributed by atoms with van der Waals surface area (Å²) in [6, 6.07) is 12.5. The second-order valence-electron chi connectivity index (χ2n) is 8.64. The molecule has 2 aromatic heterocycles. The van der Waals surface area contributed by atoms with Crippen LogP contribution < -0.4 is 10.9 Å². The van der Waals surface area contributed by atoms with Gasteiger partial charge in [0.1, 0.15) is 0 Å². The summed E-state index contributed by atoms with van der Waals surface area (Å²) in [5, 5.41) is 4.54. The number of methoxy groups -OCH3 is 1. The van der Waals surface area contributed by atoms with Crippen molar-refractivity contribution in [3.8, 4) is 0 Å². The number of para-hydroxylation sites is 1. The normalized spacial score (nSPS) is 11.4. The van der Waals surface area contributed by atoms with E-state index < -0.39 is 0 Å². The van der Waals surface area contributed by atoms with Gasteiger partial charge in [0, 0.05) is 48.4 Å². The van der Waals surface area contributed by atoms with Gasteiger partial charge in [-0.25, -0.2) is 4.98 Å². The standard InChI is InChI=1S/C26H28N4O4S/c1-16(2)14-30-25(33)19-9-8-17(24(32)27-10-11-34-3)12-22(19)29-26(30)35-15-23(31)20-13-28-21-7-5-4-6-18(20)21/h4-9,12-13,16,28H,10-11,14-15H2,1-3H3,(H,27,32). The maximum absolute atomic E-state index is 13.3. The molecule has 0 aliphatic heterocycles. The number of rotatable bonds is 10. The quantitative estimate of drug-likeness (QED) is 0.151. The van der Waals surface area contributed by atoms with Crippen LogP contribution in [0.2, 0.25) is 0 Å². The molecule has 8 nitrogen and oxygen atoms in total. The molecule has 0 unspecified atom stereocenters. The number of carbonyl (C=O) groups excluding carboxylic acids is 2. The first-order chi connectivity index (χ1) is 16.9. The van der Waals surface area contributed by atoms with E-state index in [1.165, 1.54) is 11.8 Å². The molecular weight excluding hydrogens is 464 g/mol. The van der Waals surface area contributed by atoms with Crippen molar-refractivity contribution in [2.24, 2.45) is 5.92 Å². The topological polar surface area (TPSA) is 106 Å². The zero-order valence-electron chi connectivity index (χ0n) is 20.0. The lowest BCUT2D eigenvalue weighted by Gasteiger charge is -2.15. The van der Waals surface area contributed by atoms with Gasteiger partial charge in [-0.05, 0) is 30.2 Å². The van der Waals surface area contributed by atoms with Crippen molar-refractivity contribution in [3.05, 3.63) is 70.1 Å². The summed E-state index contributed by atoms with van der Waals surface area (Å²) in [6.07, 6.45) is 1.72. The molecule has 0 fully saturated rings. The van der Waals surface area contributed by atoms with E-state index in [9.17, 15) is 14.4 Å². The van der Waals surface area contributed by atoms with Crippen LogP contribution >= 0.6 is 11.8 Å². The number of hydrogen-bond donors (Lipinski definition) is 2. The van der Waals surface area contributed by atoms with Gasteiger partial charge < -0.3 is 15.0 Å². The molecule has 0 saturated heterocycles. The third kappa shape index (κ3) is 5.47. The molecule has 182 valence electrons. The number of nitrogens with one attached hydrogen (secondary N) is 2. The second-order valence-corrected chi connectivity index (χ2v) is 9.59. The first-order valence-corrected chi connectivity index (χ1v) is 12.4. The number of carbonyl (C=O) groups is 2. The number of fused-ring (bicyclic) bond motifs is 2. The Hall–Kier alpha value is -3.43. The number of aromatic amines is 1. The molecule has 4 rings (SSSR count). The van der Waals surface area contributed by atoms with Crippen LogP contribution in [0.1, 0.15) is 34.6 Å². The van der Waals surface area contributed by atoms with Crippen molar-refractivity contribution < 1.29 is 14.3 Å². The van der Waals surface area contributed by atoms with Crippen LogP contribution in [-0.4, -0.2) is 52.2 Å². The molecule has 0 atom stereocenters. The first kappa shape index (κ1) is 24.7. The molecule has 2 aromatic carbocycles. The summed E-state index contributed by atoms with van der Waals surface area (Å²) >= 11 is 1.24. The number of Topliss-reactive ketones (excluding diaryl/α,β-unsaturated/α-hetero) is 1. The molecule has 0 aliphatic rings. The fraction of sp³-hybridized carbons (Fsp3) is 0.308. The van der Waals surface area contributed by atoms with E-state index in [0.29, 0.717) is 46.9 Å². The fourth-order valence-corrected chi connectivity index (χ4v) is 4.75. The van der Waals surface area contributed by atoms with Gasteiger partial charge in [0.15, 0.2) is 10.9 Å². The largest absolute Gasteiger partial charge is 0.383 e. The van der Waals surface area contributed by atoms with Gasteiger partial charge >= 0.3 is 0 Å². The van der Waals surface area contributed by atoms with E-state index >= 15 is 0 Å². The van der Waals surface area contributed by atoms with Crippen molar-refractivity contribution in [1.29, 1.82) is 0 Å². The van der Waals surface area contributed by atoms with Crippen LogP contribution in [0.15, 0.2) is 58.6 Å². The van der Waals surface area contributed by atoms with Crippen molar-refractivity contribution in [2.45, 2.75) is 25.5 Å². The predicted octanol–water partition coefficient (Wildman–Crippen LogP) is 3.89. The number of amides is 1. The van der Waals surface area contributed by atoms with Gasteiger partial charge in [-0.3, -0.25) is 19.0 Å². The summed E-state index contributed by atoms with van der Waals surface area (Å²) < 4.78 is 6.59. The first-order valence-electron chi connectivity index (χ1n) is 11.4. The smallest absolute Gasteiger partial charge is 0.262 e. The van der Waals surface area contributed by atoms with Crippen LogP contribution in [-0.2, 0) is 11.3 Å². The highest BCUT2D eigenvalue weighted by Gasteiger charge is 2.18. The molecular formula is C26H28N4O4S. The van der Waals surface area contributed by atoms with E-state index in [2.05, 4.69) is 10.3 Å². The molecule has 0 bridgehead atoms. The van der Waals surface area contributed by atoms with Gasteiger partial charge in [-0.15, -0.1) is 0 Å². The summed E-state index contributed by atoms with van der Waals surface area (Å²) in [5.74, 6) is 0.0289. The van der Waals surface area contributed by atoms with Gasteiger partial charge in [-0.2, -0.15) is 0 Å². The van der Waals surface area contributed by atoms with Gasteiger partial charge in [-0.1, -0.05) is 43.8 Å². The van der Waals surface area contributed by atoms with Crippen molar-refractivity contribution in [3.63, 3.8) is 0 Å². The Morgan fingerprint density at radius 2 is 1.97 bits per heavy atom. The number of ketones is 1. The zero-order chi connectivity index (χ0) is 24.9. The lowest BCUT2D eigenvalue weighted by Crippen LogP contribution is -2.28. The number of hydrogen-bond acceptors (Lipinski definition) is 6. The maximum Gasteiger partial charge on any atom is 0.262 e.